The molecule has 2 rings (SSSR count). The molecule has 6 heteroatoms. The van der Waals surface area contributed by atoms with Crippen LogP contribution in [0, 0.1) is 5.92 Å². The van der Waals surface area contributed by atoms with E-state index in [4.69, 9.17) is 4.74 Å². The minimum absolute atomic E-state index is 0.130. The van der Waals surface area contributed by atoms with Gasteiger partial charge in [-0.2, -0.15) is 0 Å². The molecule has 1 aliphatic heterocycles. The van der Waals surface area contributed by atoms with Gasteiger partial charge in [0, 0.05) is 38.3 Å². The fraction of sp³-hybridized carbons (Fsp3) is 0.714. The van der Waals surface area contributed by atoms with E-state index in [-0.39, 0.29) is 17.7 Å². The summed E-state index contributed by atoms with van der Waals surface area (Å²) in [5.74, 6) is 0.371. The van der Waals surface area contributed by atoms with Gasteiger partial charge in [0.05, 0.1) is 25.0 Å². The highest BCUT2D eigenvalue weighted by atomic mass is 32.2. The van der Waals surface area contributed by atoms with Crippen molar-refractivity contribution in [2.75, 3.05) is 38.3 Å². The van der Waals surface area contributed by atoms with Crippen molar-refractivity contribution >= 4 is 9.84 Å². The lowest BCUT2D eigenvalue weighted by Gasteiger charge is -2.37. The van der Waals surface area contributed by atoms with E-state index in [1.165, 1.54) is 11.9 Å². The Labute approximate surface area is 121 Å². The van der Waals surface area contributed by atoms with Gasteiger partial charge in [0.15, 0.2) is 0 Å². The van der Waals surface area contributed by atoms with Crippen molar-refractivity contribution in [2.45, 2.75) is 13.0 Å². The number of rotatable bonds is 5. The zero-order chi connectivity index (χ0) is 14.8. The molecular weight excluding hydrogens is 276 g/mol. The lowest BCUT2D eigenvalue weighted by Crippen LogP contribution is -2.43. The van der Waals surface area contributed by atoms with Gasteiger partial charge >= 0.3 is 0 Å². The molecule has 5 nitrogen and oxygen atoms in total. The fourth-order valence-corrected chi connectivity index (χ4v) is 4.06. The number of aryl methyl sites for hydroxylation is 1. The van der Waals surface area contributed by atoms with Crippen molar-refractivity contribution in [1.82, 2.24) is 9.47 Å². The third-order valence-corrected chi connectivity index (χ3v) is 4.87. The molecule has 1 fully saturated rings. The zero-order valence-electron chi connectivity index (χ0n) is 12.4. The number of sulfone groups is 1. The molecule has 1 aliphatic rings. The van der Waals surface area contributed by atoms with Gasteiger partial charge in [-0.15, -0.1) is 0 Å². The van der Waals surface area contributed by atoms with Crippen LogP contribution in [0.25, 0.3) is 0 Å². The molecule has 1 saturated heterocycles. The van der Waals surface area contributed by atoms with Gasteiger partial charge in [0.1, 0.15) is 9.84 Å². The Morgan fingerprint density at radius 1 is 1.50 bits per heavy atom. The molecule has 114 valence electrons. The van der Waals surface area contributed by atoms with Gasteiger partial charge in [-0.25, -0.2) is 8.42 Å². The molecule has 0 radical (unpaired) electrons. The van der Waals surface area contributed by atoms with Gasteiger partial charge in [-0.1, -0.05) is 6.92 Å². The second-order valence-corrected chi connectivity index (χ2v) is 8.01. The predicted octanol–water partition coefficient (Wildman–Crippen LogP) is 1.08. The summed E-state index contributed by atoms with van der Waals surface area (Å²) in [5, 5.41) is 0. The zero-order valence-corrected chi connectivity index (χ0v) is 13.3. The lowest BCUT2D eigenvalue weighted by atomic mass is 10.1. The van der Waals surface area contributed by atoms with E-state index < -0.39 is 9.84 Å². The van der Waals surface area contributed by atoms with Crippen LogP contribution in [0.5, 0.6) is 0 Å². The molecule has 0 bridgehead atoms. The van der Waals surface area contributed by atoms with Crippen LogP contribution in [0.15, 0.2) is 18.3 Å². The molecular formula is C14H24N2O3S. The summed E-state index contributed by atoms with van der Waals surface area (Å²) in [6.07, 6.45) is 3.33. The summed E-state index contributed by atoms with van der Waals surface area (Å²) in [6.45, 7) is 5.02. The normalized spacial score (nSPS) is 22.9. The fourth-order valence-electron chi connectivity index (χ4n) is 2.92. The molecule has 0 aliphatic carbocycles. The average Bonchev–Trinajstić information content (AvgIpc) is 2.73. The predicted molar refractivity (Wildman–Crippen MR) is 79.4 cm³/mol. The Kier molecular flexibility index (Phi) is 4.88. The average molecular weight is 300 g/mol. The molecule has 0 saturated carbocycles. The molecule has 0 N–H and O–H groups in total. The van der Waals surface area contributed by atoms with E-state index >= 15 is 0 Å². The summed E-state index contributed by atoms with van der Waals surface area (Å²) in [6, 6.07) is 4.35. The Balaban J connectivity index is 2.06. The quantitative estimate of drug-likeness (QED) is 0.816. The Hall–Kier alpha value is -0.850. The maximum atomic E-state index is 11.4. The summed E-state index contributed by atoms with van der Waals surface area (Å²) in [4.78, 5) is 2.34. The van der Waals surface area contributed by atoms with E-state index in [0.717, 1.165) is 13.1 Å². The Morgan fingerprint density at radius 3 is 2.85 bits per heavy atom. The highest BCUT2D eigenvalue weighted by Gasteiger charge is 2.27. The summed E-state index contributed by atoms with van der Waals surface area (Å²) >= 11 is 0. The lowest BCUT2D eigenvalue weighted by molar-refractivity contribution is -0.0156. The topological polar surface area (TPSA) is 51.5 Å². The molecule has 0 aromatic carbocycles. The van der Waals surface area contributed by atoms with Crippen LogP contribution >= 0.6 is 0 Å². The summed E-state index contributed by atoms with van der Waals surface area (Å²) in [5.41, 5.74) is 1.22. The van der Waals surface area contributed by atoms with E-state index in [2.05, 4.69) is 15.5 Å². The summed E-state index contributed by atoms with van der Waals surface area (Å²) < 4.78 is 30.5. The maximum Gasteiger partial charge on any atom is 0.147 e. The molecule has 0 unspecified atom stereocenters. The second kappa shape index (κ2) is 6.28. The third-order valence-electron chi connectivity index (χ3n) is 3.70. The largest absolute Gasteiger partial charge is 0.378 e. The minimum Gasteiger partial charge on any atom is -0.378 e. The smallest absolute Gasteiger partial charge is 0.147 e. The van der Waals surface area contributed by atoms with Crippen molar-refractivity contribution in [2.24, 2.45) is 13.0 Å². The standard InChI is InChI=1S/C14H24N2O3S/c1-12(11-20(3,17)18)9-16-7-8-19-10-14(16)13-5-4-6-15(13)2/h4-6,12,14H,7-11H2,1-3H3/t12-,14+/m1/s1. The van der Waals surface area contributed by atoms with Crippen LogP contribution in [0.1, 0.15) is 18.7 Å². The first-order valence-corrected chi connectivity index (χ1v) is 9.03. The van der Waals surface area contributed by atoms with E-state index in [0.29, 0.717) is 13.2 Å². The molecule has 1 aromatic rings. The first kappa shape index (κ1) is 15.5. The minimum atomic E-state index is -2.92. The van der Waals surface area contributed by atoms with Crippen LogP contribution in [0.4, 0.5) is 0 Å². The van der Waals surface area contributed by atoms with Gasteiger partial charge in [0.2, 0.25) is 0 Å². The second-order valence-electron chi connectivity index (χ2n) is 5.83. The monoisotopic (exact) mass is 300 g/mol. The van der Waals surface area contributed by atoms with Crippen LogP contribution in [0.3, 0.4) is 0 Å². The number of nitrogens with zero attached hydrogens (tertiary/aromatic N) is 2. The number of hydrogen-bond acceptors (Lipinski definition) is 4. The van der Waals surface area contributed by atoms with E-state index in [1.54, 1.807) is 0 Å². The van der Waals surface area contributed by atoms with Crippen molar-refractivity contribution in [3.8, 4) is 0 Å². The number of aromatic nitrogens is 1. The van der Waals surface area contributed by atoms with Gasteiger partial charge in [-0.3, -0.25) is 4.90 Å². The van der Waals surface area contributed by atoms with Gasteiger partial charge in [0.25, 0.3) is 0 Å². The number of morpholine rings is 1. The third kappa shape index (κ3) is 4.07. The number of ether oxygens (including phenoxy) is 1. The van der Waals surface area contributed by atoms with Gasteiger partial charge < -0.3 is 9.30 Å². The van der Waals surface area contributed by atoms with Gasteiger partial charge in [-0.05, 0) is 18.1 Å². The van der Waals surface area contributed by atoms with Crippen LogP contribution in [0.2, 0.25) is 0 Å². The SMILES string of the molecule is C[C@H](CN1CCOC[C@H]1c1cccn1C)CS(C)(=O)=O. The van der Waals surface area contributed by atoms with E-state index in [9.17, 15) is 8.42 Å². The molecule has 2 atom stereocenters. The van der Waals surface area contributed by atoms with Crippen molar-refractivity contribution in [1.29, 1.82) is 0 Å². The first-order valence-electron chi connectivity index (χ1n) is 6.97. The molecule has 20 heavy (non-hydrogen) atoms. The summed E-state index contributed by atoms with van der Waals surface area (Å²) in [7, 11) is -0.887. The van der Waals surface area contributed by atoms with Crippen LogP contribution in [-0.4, -0.2) is 56.2 Å². The van der Waals surface area contributed by atoms with Crippen LogP contribution < -0.4 is 0 Å². The molecule has 0 spiro atoms. The highest BCUT2D eigenvalue weighted by Crippen LogP contribution is 2.25. The van der Waals surface area contributed by atoms with Crippen molar-refractivity contribution < 1.29 is 13.2 Å². The van der Waals surface area contributed by atoms with E-state index in [1.807, 2.05) is 26.2 Å². The molecule has 2 heterocycles. The van der Waals surface area contributed by atoms with Crippen molar-refractivity contribution in [3.63, 3.8) is 0 Å². The number of hydrogen-bond donors (Lipinski definition) is 0. The Morgan fingerprint density at radius 2 is 2.25 bits per heavy atom. The maximum absolute atomic E-state index is 11.4. The van der Waals surface area contributed by atoms with Crippen LogP contribution in [-0.2, 0) is 21.6 Å². The molecule has 0 amide bonds. The highest BCUT2D eigenvalue weighted by molar-refractivity contribution is 7.90. The first-order chi connectivity index (χ1) is 9.37. The molecule has 1 aromatic heterocycles. The van der Waals surface area contributed by atoms with Crippen molar-refractivity contribution in [3.05, 3.63) is 24.0 Å². The Bertz CT molecular complexity index is 538.